The van der Waals surface area contributed by atoms with E-state index in [9.17, 15) is 9.59 Å². The van der Waals surface area contributed by atoms with E-state index >= 15 is 0 Å². The molecule has 0 aromatic heterocycles. The van der Waals surface area contributed by atoms with Gasteiger partial charge in [0.25, 0.3) is 0 Å². The second kappa shape index (κ2) is 8.87. The van der Waals surface area contributed by atoms with Crippen molar-refractivity contribution in [2.75, 3.05) is 19.0 Å². The molecule has 14 heavy (non-hydrogen) atoms. The first-order valence-corrected chi connectivity index (χ1v) is 5.64. The van der Waals surface area contributed by atoms with Crippen LogP contribution in [0.25, 0.3) is 0 Å². The van der Waals surface area contributed by atoms with Gasteiger partial charge in [-0.1, -0.05) is 13.8 Å². The number of carbonyl (C=O) groups is 2. The predicted molar refractivity (Wildman–Crippen MR) is 55.3 cm³/mol. The summed E-state index contributed by atoms with van der Waals surface area (Å²) >= 11 is 1.10. The SMILES string of the molecule is CCCC(=O)OCCOC(=O)SCC. The second-order valence-corrected chi connectivity index (χ2v) is 3.70. The van der Waals surface area contributed by atoms with Crippen molar-refractivity contribution in [1.82, 2.24) is 0 Å². The normalized spacial score (nSPS) is 9.57. The third-order valence-corrected chi connectivity index (χ3v) is 1.92. The summed E-state index contributed by atoms with van der Waals surface area (Å²) in [5.74, 6) is 0.445. The van der Waals surface area contributed by atoms with Crippen molar-refractivity contribution >= 4 is 23.0 Å². The van der Waals surface area contributed by atoms with Crippen LogP contribution in [-0.2, 0) is 14.3 Å². The summed E-state index contributed by atoms with van der Waals surface area (Å²) in [5.41, 5.74) is 0. The summed E-state index contributed by atoms with van der Waals surface area (Å²) in [5, 5.41) is -0.320. The number of hydrogen-bond donors (Lipinski definition) is 0. The molecular formula is C9H16O4S. The van der Waals surface area contributed by atoms with Crippen molar-refractivity contribution in [1.29, 1.82) is 0 Å². The lowest BCUT2D eigenvalue weighted by atomic mass is 10.3. The maximum atomic E-state index is 10.8. The van der Waals surface area contributed by atoms with Crippen molar-refractivity contribution < 1.29 is 19.1 Å². The van der Waals surface area contributed by atoms with Crippen molar-refractivity contribution in [3.63, 3.8) is 0 Å². The summed E-state index contributed by atoms with van der Waals surface area (Å²) in [7, 11) is 0. The van der Waals surface area contributed by atoms with Crippen molar-refractivity contribution in [2.45, 2.75) is 26.7 Å². The average molecular weight is 220 g/mol. The minimum absolute atomic E-state index is 0.140. The minimum atomic E-state index is -0.320. The van der Waals surface area contributed by atoms with E-state index in [4.69, 9.17) is 9.47 Å². The molecule has 0 bridgehead atoms. The van der Waals surface area contributed by atoms with Gasteiger partial charge >= 0.3 is 11.3 Å². The van der Waals surface area contributed by atoms with E-state index in [1.54, 1.807) is 0 Å². The first-order chi connectivity index (χ1) is 6.70. The molecule has 0 spiro atoms. The van der Waals surface area contributed by atoms with Gasteiger partial charge in [0.05, 0.1) is 0 Å². The quantitative estimate of drug-likeness (QED) is 0.507. The fourth-order valence-electron chi connectivity index (χ4n) is 0.716. The lowest BCUT2D eigenvalue weighted by molar-refractivity contribution is -0.144. The van der Waals surface area contributed by atoms with Crippen LogP contribution in [0.2, 0.25) is 0 Å². The topological polar surface area (TPSA) is 52.6 Å². The van der Waals surface area contributed by atoms with Gasteiger partial charge in [-0.2, -0.15) is 0 Å². The fourth-order valence-corrected chi connectivity index (χ4v) is 1.12. The zero-order valence-corrected chi connectivity index (χ0v) is 9.39. The molecule has 0 aliphatic carbocycles. The van der Waals surface area contributed by atoms with Gasteiger partial charge in [-0.25, -0.2) is 4.79 Å². The van der Waals surface area contributed by atoms with Crippen LogP contribution in [-0.4, -0.2) is 30.2 Å². The van der Waals surface area contributed by atoms with E-state index in [0.29, 0.717) is 12.2 Å². The molecule has 0 fully saturated rings. The van der Waals surface area contributed by atoms with Crippen LogP contribution in [0.3, 0.4) is 0 Å². The van der Waals surface area contributed by atoms with Crippen LogP contribution < -0.4 is 0 Å². The molecule has 0 aliphatic heterocycles. The molecule has 0 aromatic rings. The van der Waals surface area contributed by atoms with Gasteiger partial charge in [0.1, 0.15) is 13.2 Å². The monoisotopic (exact) mass is 220 g/mol. The summed E-state index contributed by atoms with van der Waals surface area (Å²) in [6.07, 6.45) is 1.18. The molecule has 0 heterocycles. The number of esters is 1. The molecule has 5 heteroatoms. The summed E-state index contributed by atoms with van der Waals surface area (Å²) in [6, 6.07) is 0. The smallest absolute Gasteiger partial charge is 0.367 e. The Hall–Kier alpha value is -0.710. The number of hydrogen-bond acceptors (Lipinski definition) is 5. The van der Waals surface area contributed by atoms with Crippen LogP contribution in [0.1, 0.15) is 26.7 Å². The first-order valence-electron chi connectivity index (χ1n) is 4.65. The molecule has 0 amide bonds. The molecule has 0 radical (unpaired) electrons. The van der Waals surface area contributed by atoms with Crippen LogP contribution in [0.5, 0.6) is 0 Å². The Morgan fingerprint density at radius 2 is 1.79 bits per heavy atom. The largest absolute Gasteiger partial charge is 0.462 e. The van der Waals surface area contributed by atoms with Crippen LogP contribution >= 0.6 is 11.8 Å². The number of ether oxygens (including phenoxy) is 2. The molecule has 0 unspecified atom stereocenters. The van der Waals surface area contributed by atoms with Gasteiger partial charge in [0.15, 0.2) is 0 Å². The van der Waals surface area contributed by atoms with Gasteiger partial charge in [0.2, 0.25) is 0 Å². The standard InChI is InChI=1S/C9H16O4S/c1-3-5-8(10)12-6-7-13-9(11)14-4-2/h3-7H2,1-2H3. The Kier molecular flexibility index (Phi) is 8.42. The maximum absolute atomic E-state index is 10.8. The molecule has 0 N–H and O–H groups in total. The van der Waals surface area contributed by atoms with Gasteiger partial charge in [-0.05, 0) is 18.2 Å². The molecule has 0 atom stereocenters. The maximum Gasteiger partial charge on any atom is 0.367 e. The molecule has 0 saturated heterocycles. The Morgan fingerprint density at radius 1 is 1.14 bits per heavy atom. The highest BCUT2D eigenvalue weighted by Gasteiger charge is 2.03. The molecule has 0 aliphatic rings. The molecular weight excluding hydrogens is 204 g/mol. The van der Waals surface area contributed by atoms with Crippen molar-refractivity contribution in [3.05, 3.63) is 0 Å². The third-order valence-electron chi connectivity index (χ3n) is 1.28. The predicted octanol–water partition coefficient (Wildman–Crippen LogP) is 2.22. The first kappa shape index (κ1) is 13.3. The van der Waals surface area contributed by atoms with Crippen LogP contribution in [0, 0.1) is 0 Å². The fraction of sp³-hybridized carbons (Fsp3) is 0.778. The van der Waals surface area contributed by atoms with E-state index in [-0.39, 0.29) is 24.5 Å². The Morgan fingerprint density at radius 3 is 2.36 bits per heavy atom. The Balaban J connectivity index is 3.28. The van der Waals surface area contributed by atoms with Crippen molar-refractivity contribution in [3.8, 4) is 0 Å². The summed E-state index contributed by atoms with van der Waals surface area (Å²) in [4.78, 5) is 21.7. The van der Waals surface area contributed by atoms with Crippen molar-refractivity contribution in [2.24, 2.45) is 0 Å². The third kappa shape index (κ3) is 7.91. The molecule has 0 aromatic carbocycles. The number of rotatable bonds is 6. The van der Waals surface area contributed by atoms with E-state index in [1.807, 2.05) is 13.8 Å². The molecule has 0 rings (SSSR count). The van der Waals surface area contributed by atoms with Crippen LogP contribution in [0.15, 0.2) is 0 Å². The number of carbonyl (C=O) groups excluding carboxylic acids is 2. The zero-order valence-electron chi connectivity index (χ0n) is 8.58. The van der Waals surface area contributed by atoms with Gasteiger partial charge in [-0.3, -0.25) is 4.79 Å². The van der Waals surface area contributed by atoms with E-state index in [0.717, 1.165) is 18.2 Å². The van der Waals surface area contributed by atoms with Gasteiger partial charge in [0, 0.05) is 12.2 Å². The Bertz CT molecular complexity index is 162. The van der Waals surface area contributed by atoms with Gasteiger partial charge < -0.3 is 9.47 Å². The zero-order chi connectivity index (χ0) is 10.8. The van der Waals surface area contributed by atoms with Crippen LogP contribution in [0.4, 0.5) is 4.79 Å². The van der Waals surface area contributed by atoms with Gasteiger partial charge in [-0.15, -0.1) is 0 Å². The molecule has 82 valence electrons. The summed E-state index contributed by atoms with van der Waals surface area (Å²) in [6.45, 7) is 4.06. The minimum Gasteiger partial charge on any atom is -0.462 e. The summed E-state index contributed by atoms with van der Waals surface area (Å²) < 4.78 is 9.54. The van der Waals surface area contributed by atoms with E-state index in [1.165, 1.54) is 0 Å². The lowest BCUT2D eigenvalue weighted by Gasteiger charge is -2.04. The second-order valence-electron chi connectivity index (χ2n) is 2.50. The number of thioether (sulfide) groups is 1. The highest BCUT2D eigenvalue weighted by Crippen LogP contribution is 2.03. The average Bonchev–Trinajstić information content (AvgIpc) is 2.13. The lowest BCUT2D eigenvalue weighted by Crippen LogP contribution is -2.11. The van der Waals surface area contributed by atoms with E-state index < -0.39 is 0 Å². The highest BCUT2D eigenvalue weighted by atomic mass is 32.2. The Labute approximate surface area is 88.3 Å². The molecule has 4 nitrogen and oxygen atoms in total. The molecule has 0 saturated carbocycles. The van der Waals surface area contributed by atoms with E-state index in [2.05, 4.69) is 0 Å². The highest BCUT2D eigenvalue weighted by molar-refractivity contribution is 8.13.